The van der Waals surface area contributed by atoms with Crippen LogP contribution < -0.4 is 11.3 Å². The summed E-state index contributed by atoms with van der Waals surface area (Å²) in [7, 11) is -3.49. The molecule has 0 spiro atoms. The van der Waals surface area contributed by atoms with E-state index in [1.165, 1.54) is 4.31 Å². The summed E-state index contributed by atoms with van der Waals surface area (Å²) >= 11 is 0. The first kappa shape index (κ1) is 15.9. The number of nitrogens with two attached hydrogens (primary N) is 1. The zero-order valence-corrected chi connectivity index (χ0v) is 13.1. The molecule has 0 aromatic heterocycles. The van der Waals surface area contributed by atoms with Crippen LogP contribution in [0.25, 0.3) is 0 Å². The maximum Gasteiger partial charge on any atom is 0.243 e. The number of nitrogens with zero attached hydrogens (tertiary/aromatic N) is 1. The third-order valence-electron chi connectivity index (χ3n) is 3.92. The van der Waals surface area contributed by atoms with Gasteiger partial charge in [-0.05, 0) is 38.3 Å². The summed E-state index contributed by atoms with van der Waals surface area (Å²) in [6.45, 7) is 4.41. The average Bonchev–Trinajstić information content (AvgIpc) is 2.46. The summed E-state index contributed by atoms with van der Waals surface area (Å²) in [6, 6.07) is 5.31. The van der Waals surface area contributed by atoms with E-state index in [1.807, 2.05) is 13.0 Å². The van der Waals surface area contributed by atoms with Crippen LogP contribution in [-0.4, -0.2) is 31.7 Å². The number of sulfonamides is 1. The van der Waals surface area contributed by atoms with Gasteiger partial charge in [0.25, 0.3) is 0 Å². The Bertz CT molecular complexity index is 635. The summed E-state index contributed by atoms with van der Waals surface area (Å²) in [6.07, 6.45) is 0.986. The molecule has 1 fully saturated rings. The van der Waals surface area contributed by atoms with Crippen molar-refractivity contribution in [3.05, 3.63) is 29.3 Å². The van der Waals surface area contributed by atoms with E-state index in [0.717, 1.165) is 11.1 Å². The minimum Gasteiger partial charge on any atom is -0.294 e. The Hall–Kier alpha value is -1.44. The highest BCUT2D eigenvalue weighted by molar-refractivity contribution is 7.89. The Labute approximate surface area is 125 Å². The number of amides is 1. The fourth-order valence-corrected chi connectivity index (χ4v) is 4.38. The SMILES string of the molecule is Cc1ccc(S(=O)(=O)N2CCC(C(=O)NN)CC2)c(C)c1. The maximum atomic E-state index is 12.7. The number of aryl methyl sites for hydroxylation is 2. The Kier molecular flexibility index (Phi) is 4.65. The number of hydrogen-bond acceptors (Lipinski definition) is 4. The largest absolute Gasteiger partial charge is 0.294 e. The molecule has 0 aliphatic carbocycles. The van der Waals surface area contributed by atoms with E-state index in [-0.39, 0.29) is 11.8 Å². The molecule has 1 aliphatic heterocycles. The van der Waals surface area contributed by atoms with Crippen molar-refractivity contribution >= 4 is 15.9 Å². The molecule has 7 heteroatoms. The molecule has 0 radical (unpaired) electrons. The quantitative estimate of drug-likeness (QED) is 0.488. The van der Waals surface area contributed by atoms with Gasteiger partial charge in [0.2, 0.25) is 15.9 Å². The average molecular weight is 311 g/mol. The molecule has 6 nitrogen and oxygen atoms in total. The van der Waals surface area contributed by atoms with E-state index < -0.39 is 10.0 Å². The van der Waals surface area contributed by atoms with Gasteiger partial charge in [0, 0.05) is 19.0 Å². The predicted octanol–water partition coefficient (Wildman–Crippen LogP) is 0.694. The molecule has 0 atom stereocenters. The van der Waals surface area contributed by atoms with Crippen LogP contribution in [0.4, 0.5) is 0 Å². The monoisotopic (exact) mass is 311 g/mol. The van der Waals surface area contributed by atoms with Crippen LogP contribution in [0.3, 0.4) is 0 Å². The number of rotatable bonds is 3. The predicted molar refractivity (Wildman–Crippen MR) is 79.7 cm³/mol. The van der Waals surface area contributed by atoms with E-state index in [4.69, 9.17) is 5.84 Å². The highest BCUT2D eigenvalue weighted by Gasteiger charge is 2.32. The van der Waals surface area contributed by atoms with E-state index in [1.54, 1.807) is 19.1 Å². The molecule has 0 bridgehead atoms. The second-order valence-corrected chi connectivity index (χ2v) is 7.36. The van der Waals surface area contributed by atoms with Crippen molar-refractivity contribution in [1.82, 2.24) is 9.73 Å². The summed E-state index contributed by atoms with van der Waals surface area (Å²) in [5.74, 6) is 4.69. The standard InChI is InChI=1S/C14H21N3O3S/c1-10-3-4-13(11(2)9-10)21(19,20)17-7-5-12(6-8-17)14(18)16-15/h3-4,9,12H,5-8,15H2,1-2H3,(H,16,18). The number of carbonyl (C=O) groups is 1. The van der Waals surface area contributed by atoms with E-state index in [9.17, 15) is 13.2 Å². The smallest absolute Gasteiger partial charge is 0.243 e. The van der Waals surface area contributed by atoms with E-state index in [0.29, 0.717) is 30.8 Å². The van der Waals surface area contributed by atoms with Crippen LogP contribution in [0.5, 0.6) is 0 Å². The molecular weight excluding hydrogens is 290 g/mol. The lowest BCUT2D eigenvalue weighted by Gasteiger charge is -2.30. The molecule has 116 valence electrons. The van der Waals surface area contributed by atoms with Gasteiger partial charge in [0.15, 0.2) is 0 Å². The molecule has 3 N–H and O–H groups in total. The maximum absolute atomic E-state index is 12.7. The molecule has 0 unspecified atom stereocenters. The molecular formula is C14H21N3O3S. The number of hydrogen-bond donors (Lipinski definition) is 2. The van der Waals surface area contributed by atoms with Crippen LogP contribution in [-0.2, 0) is 14.8 Å². The lowest BCUT2D eigenvalue weighted by Crippen LogP contribution is -2.44. The third-order valence-corrected chi connectivity index (χ3v) is 5.97. The van der Waals surface area contributed by atoms with Gasteiger partial charge < -0.3 is 0 Å². The second-order valence-electron chi connectivity index (χ2n) is 5.46. The minimum atomic E-state index is -3.49. The Morgan fingerprint density at radius 3 is 2.43 bits per heavy atom. The van der Waals surface area contributed by atoms with Crippen molar-refractivity contribution in [3.63, 3.8) is 0 Å². The molecule has 1 amide bonds. The summed E-state index contributed by atoms with van der Waals surface area (Å²) in [4.78, 5) is 11.8. The lowest BCUT2D eigenvalue weighted by molar-refractivity contribution is -0.126. The highest BCUT2D eigenvalue weighted by Crippen LogP contribution is 2.26. The van der Waals surface area contributed by atoms with Gasteiger partial charge in [-0.2, -0.15) is 4.31 Å². The van der Waals surface area contributed by atoms with Crippen LogP contribution in [0.15, 0.2) is 23.1 Å². The minimum absolute atomic E-state index is 0.208. The van der Waals surface area contributed by atoms with Gasteiger partial charge in [-0.3, -0.25) is 10.2 Å². The van der Waals surface area contributed by atoms with Gasteiger partial charge in [-0.15, -0.1) is 0 Å². The fourth-order valence-electron chi connectivity index (χ4n) is 2.70. The molecule has 21 heavy (non-hydrogen) atoms. The van der Waals surface area contributed by atoms with Crippen LogP contribution in [0, 0.1) is 19.8 Å². The first-order valence-corrected chi connectivity index (χ1v) is 8.38. The zero-order chi connectivity index (χ0) is 15.6. The first-order valence-electron chi connectivity index (χ1n) is 6.94. The molecule has 1 aromatic rings. The second kappa shape index (κ2) is 6.13. The van der Waals surface area contributed by atoms with Gasteiger partial charge in [0.05, 0.1) is 4.90 Å². The van der Waals surface area contributed by atoms with Crippen LogP contribution in [0.1, 0.15) is 24.0 Å². The third kappa shape index (κ3) is 3.25. The Morgan fingerprint density at radius 2 is 1.90 bits per heavy atom. The van der Waals surface area contributed by atoms with Gasteiger partial charge in [-0.25, -0.2) is 14.3 Å². The van der Waals surface area contributed by atoms with Crippen LogP contribution >= 0.6 is 0 Å². The van der Waals surface area contributed by atoms with Crippen molar-refractivity contribution in [2.45, 2.75) is 31.6 Å². The first-order chi connectivity index (χ1) is 9.86. The summed E-state index contributed by atoms with van der Waals surface area (Å²) in [5.41, 5.74) is 3.91. The topological polar surface area (TPSA) is 92.5 Å². The van der Waals surface area contributed by atoms with Gasteiger partial charge >= 0.3 is 0 Å². The normalized spacial score (nSPS) is 17.7. The van der Waals surface area contributed by atoms with Crippen molar-refractivity contribution in [3.8, 4) is 0 Å². The molecule has 1 aliphatic rings. The summed E-state index contributed by atoms with van der Waals surface area (Å²) in [5, 5.41) is 0. The van der Waals surface area contributed by atoms with Crippen molar-refractivity contribution < 1.29 is 13.2 Å². The molecule has 2 rings (SSSR count). The summed E-state index contributed by atoms with van der Waals surface area (Å²) < 4.78 is 26.8. The highest BCUT2D eigenvalue weighted by atomic mass is 32.2. The molecule has 0 saturated carbocycles. The number of carbonyl (C=O) groups excluding carboxylic acids is 1. The Morgan fingerprint density at radius 1 is 1.29 bits per heavy atom. The van der Waals surface area contributed by atoms with Gasteiger partial charge in [-0.1, -0.05) is 17.7 Å². The molecule has 1 saturated heterocycles. The number of benzene rings is 1. The number of nitrogens with one attached hydrogen (secondary N) is 1. The molecule has 1 aromatic carbocycles. The van der Waals surface area contributed by atoms with Crippen molar-refractivity contribution in [2.24, 2.45) is 11.8 Å². The van der Waals surface area contributed by atoms with E-state index >= 15 is 0 Å². The fraction of sp³-hybridized carbons (Fsp3) is 0.500. The lowest BCUT2D eigenvalue weighted by atomic mass is 9.98. The van der Waals surface area contributed by atoms with Crippen LogP contribution in [0.2, 0.25) is 0 Å². The van der Waals surface area contributed by atoms with Crippen molar-refractivity contribution in [2.75, 3.05) is 13.1 Å². The zero-order valence-electron chi connectivity index (χ0n) is 12.3. The number of hydrazine groups is 1. The van der Waals surface area contributed by atoms with E-state index in [2.05, 4.69) is 5.43 Å². The Balaban J connectivity index is 2.17. The number of piperidine rings is 1. The molecule has 1 heterocycles. The van der Waals surface area contributed by atoms with Gasteiger partial charge in [0.1, 0.15) is 0 Å². The van der Waals surface area contributed by atoms with Crippen molar-refractivity contribution in [1.29, 1.82) is 0 Å².